The molecule has 0 saturated carbocycles. The molecule has 0 aromatic carbocycles. The van der Waals surface area contributed by atoms with Gasteiger partial charge in [0.2, 0.25) is 0 Å². The van der Waals surface area contributed by atoms with Crippen LogP contribution in [0.4, 0.5) is 0 Å². The number of allylic oxidation sites excluding steroid dienone is 2. The first kappa shape index (κ1) is 18.7. The molecule has 0 amide bonds. The van der Waals surface area contributed by atoms with Gasteiger partial charge in [0.05, 0.1) is 0 Å². The van der Waals surface area contributed by atoms with E-state index in [9.17, 15) is 0 Å². The molecule has 19 heavy (non-hydrogen) atoms. The Morgan fingerprint density at radius 1 is 0.526 bits per heavy atom. The summed E-state index contributed by atoms with van der Waals surface area (Å²) >= 11 is 0. The second kappa shape index (κ2) is 14.2. The molecule has 0 aromatic rings. The van der Waals surface area contributed by atoms with Crippen LogP contribution in [0.2, 0.25) is 0 Å². The van der Waals surface area contributed by atoms with Crippen molar-refractivity contribution >= 4 is 0 Å². The van der Waals surface area contributed by atoms with Crippen LogP contribution in [0.3, 0.4) is 0 Å². The predicted octanol–water partition coefficient (Wildman–Crippen LogP) is 7.15. The molecule has 0 aromatic heterocycles. The van der Waals surface area contributed by atoms with Crippen molar-refractivity contribution < 1.29 is 0 Å². The van der Waals surface area contributed by atoms with Crippen LogP contribution >= 0.6 is 0 Å². The molecule has 114 valence electrons. The molecule has 0 radical (unpaired) electrons. The minimum Gasteiger partial charge on any atom is -0.0885 e. The first-order valence-corrected chi connectivity index (χ1v) is 8.78. The van der Waals surface area contributed by atoms with Crippen LogP contribution in [0.25, 0.3) is 0 Å². The molecule has 0 heterocycles. The lowest BCUT2D eigenvalue weighted by molar-refractivity contribution is 0.512. The highest BCUT2D eigenvalue weighted by atomic mass is 14.0. The van der Waals surface area contributed by atoms with Crippen LogP contribution in [0.15, 0.2) is 12.2 Å². The normalized spacial score (nSPS) is 12.1. The molecule has 0 atom stereocenters. The molecule has 0 bridgehead atoms. The summed E-state index contributed by atoms with van der Waals surface area (Å²) in [6.07, 6.45) is 20.1. The van der Waals surface area contributed by atoms with Gasteiger partial charge < -0.3 is 0 Å². The fourth-order valence-electron chi connectivity index (χ4n) is 2.40. The van der Waals surface area contributed by atoms with E-state index >= 15 is 0 Å². The SMILES string of the molecule is CC(C)CCC/C=C/CCCCCCCCC(C)C. The molecule has 0 aliphatic carbocycles. The van der Waals surface area contributed by atoms with E-state index in [0.717, 1.165) is 11.8 Å². The molecule has 0 aliphatic rings. The fraction of sp³-hybridized carbons (Fsp3) is 0.895. The lowest BCUT2D eigenvalue weighted by Crippen LogP contribution is -1.87. The third-order valence-corrected chi connectivity index (χ3v) is 3.72. The maximum Gasteiger partial charge on any atom is -0.0351 e. The molecule has 0 rings (SSSR count). The molecule has 0 saturated heterocycles. The van der Waals surface area contributed by atoms with Crippen molar-refractivity contribution in [3.63, 3.8) is 0 Å². The van der Waals surface area contributed by atoms with E-state index in [-0.39, 0.29) is 0 Å². The van der Waals surface area contributed by atoms with Gasteiger partial charge in [-0.05, 0) is 37.5 Å². The third-order valence-electron chi connectivity index (χ3n) is 3.72. The Morgan fingerprint density at radius 2 is 0.947 bits per heavy atom. The lowest BCUT2D eigenvalue weighted by Gasteiger charge is -2.04. The zero-order valence-electron chi connectivity index (χ0n) is 14.1. The Morgan fingerprint density at radius 3 is 1.53 bits per heavy atom. The van der Waals surface area contributed by atoms with E-state index in [4.69, 9.17) is 0 Å². The van der Waals surface area contributed by atoms with Gasteiger partial charge in [-0.3, -0.25) is 0 Å². The van der Waals surface area contributed by atoms with Gasteiger partial charge in [-0.15, -0.1) is 0 Å². The standard InChI is InChI=1S/C19H38/c1-18(2)16-14-12-10-8-6-5-7-9-11-13-15-17-19(3)4/h8,10,18-19H,5-7,9,11-17H2,1-4H3/b10-8+. The molecule has 0 nitrogen and oxygen atoms in total. The highest BCUT2D eigenvalue weighted by molar-refractivity contribution is 4.81. The summed E-state index contributed by atoms with van der Waals surface area (Å²) in [5.41, 5.74) is 0. The highest BCUT2D eigenvalue weighted by Crippen LogP contribution is 2.12. The van der Waals surface area contributed by atoms with E-state index in [2.05, 4.69) is 39.8 Å². The molecule has 0 spiro atoms. The van der Waals surface area contributed by atoms with Crippen molar-refractivity contribution in [3.05, 3.63) is 12.2 Å². The topological polar surface area (TPSA) is 0 Å². The summed E-state index contributed by atoms with van der Waals surface area (Å²) < 4.78 is 0. The van der Waals surface area contributed by atoms with Crippen molar-refractivity contribution in [1.29, 1.82) is 0 Å². The number of hydrogen-bond donors (Lipinski definition) is 0. The van der Waals surface area contributed by atoms with E-state index in [1.165, 1.54) is 70.6 Å². The second-order valence-electron chi connectivity index (χ2n) is 6.89. The quantitative estimate of drug-likeness (QED) is 0.245. The minimum absolute atomic E-state index is 0.865. The number of hydrogen-bond acceptors (Lipinski definition) is 0. The molecule has 0 fully saturated rings. The van der Waals surface area contributed by atoms with Crippen LogP contribution in [0, 0.1) is 11.8 Å². The van der Waals surface area contributed by atoms with Crippen molar-refractivity contribution in [1.82, 2.24) is 0 Å². The lowest BCUT2D eigenvalue weighted by atomic mass is 10.0. The Bertz CT molecular complexity index is 188. The maximum atomic E-state index is 2.40. The smallest absolute Gasteiger partial charge is 0.0351 e. The number of rotatable bonds is 13. The van der Waals surface area contributed by atoms with Crippen LogP contribution in [0.1, 0.15) is 98.3 Å². The van der Waals surface area contributed by atoms with Gasteiger partial charge in [-0.1, -0.05) is 84.8 Å². The van der Waals surface area contributed by atoms with Gasteiger partial charge in [0, 0.05) is 0 Å². The second-order valence-corrected chi connectivity index (χ2v) is 6.89. The van der Waals surface area contributed by atoms with Crippen LogP contribution in [-0.4, -0.2) is 0 Å². The molecule has 0 unspecified atom stereocenters. The molecular formula is C19H38. The summed E-state index contributed by atoms with van der Waals surface area (Å²) in [5.74, 6) is 1.75. The predicted molar refractivity (Wildman–Crippen MR) is 89.6 cm³/mol. The largest absolute Gasteiger partial charge is 0.0885 e. The summed E-state index contributed by atoms with van der Waals surface area (Å²) in [7, 11) is 0. The van der Waals surface area contributed by atoms with E-state index in [0.29, 0.717) is 0 Å². The van der Waals surface area contributed by atoms with Crippen molar-refractivity contribution in [2.45, 2.75) is 98.3 Å². The van der Waals surface area contributed by atoms with Gasteiger partial charge in [0.1, 0.15) is 0 Å². The van der Waals surface area contributed by atoms with Crippen molar-refractivity contribution in [3.8, 4) is 0 Å². The maximum absolute atomic E-state index is 2.40. The highest BCUT2D eigenvalue weighted by Gasteiger charge is 1.94. The van der Waals surface area contributed by atoms with E-state index in [1.807, 2.05) is 0 Å². The summed E-state index contributed by atoms with van der Waals surface area (Å²) in [4.78, 5) is 0. The fourth-order valence-corrected chi connectivity index (χ4v) is 2.40. The zero-order chi connectivity index (χ0) is 14.3. The van der Waals surface area contributed by atoms with Gasteiger partial charge in [-0.25, -0.2) is 0 Å². The van der Waals surface area contributed by atoms with Gasteiger partial charge in [0.25, 0.3) is 0 Å². The van der Waals surface area contributed by atoms with E-state index in [1.54, 1.807) is 0 Å². The third kappa shape index (κ3) is 17.7. The number of unbranched alkanes of at least 4 members (excludes halogenated alkanes) is 7. The molecule has 0 heteroatoms. The summed E-state index contributed by atoms with van der Waals surface area (Å²) in [6, 6.07) is 0. The Balaban J connectivity index is 3.08. The first-order valence-electron chi connectivity index (χ1n) is 8.78. The summed E-state index contributed by atoms with van der Waals surface area (Å²) in [5, 5.41) is 0. The minimum atomic E-state index is 0.865. The van der Waals surface area contributed by atoms with Crippen LogP contribution in [0.5, 0.6) is 0 Å². The Kier molecular flexibility index (Phi) is 14.0. The van der Waals surface area contributed by atoms with Gasteiger partial charge in [-0.2, -0.15) is 0 Å². The van der Waals surface area contributed by atoms with Crippen LogP contribution < -0.4 is 0 Å². The van der Waals surface area contributed by atoms with Crippen LogP contribution in [-0.2, 0) is 0 Å². The van der Waals surface area contributed by atoms with E-state index < -0.39 is 0 Å². The van der Waals surface area contributed by atoms with Gasteiger partial charge >= 0.3 is 0 Å². The summed E-state index contributed by atoms with van der Waals surface area (Å²) in [6.45, 7) is 9.27. The molecule has 0 aliphatic heterocycles. The van der Waals surface area contributed by atoms with Gasteiger partial charge in [0.15, 0.2) is 0 Å². The van der Waals surface area contributed by atoms with Crippen molar-refractivity contribution in [2.75, 3.05) is 0 Å². The monoisotopic (exact) mass is 266 g/mol. The average molecular weight is 267 g/mol. The van der Waals surface area contributed by atoms with Crippen molar-refractivity contribution in [2.24, 2.45) is 11.8 Å². The Hall–Kier alpha value is -0.260. The first-order chi connectivity index (χ1) is 9.13. The zero-order valence-corrected chi connectivity index (χ0v) is 14.1. The molecule has 0 N–H and O–H groups in total. The molecular weight excluding hydrogens is 228 g/mol. The average Bonchev–Trinajstić information content (AvgIpc) is 2.34. The Labute approximate surface area is 123 Å².